The molecule has 3 nitrogen and oxygen atoms in total. The Kier molecular flexibility index (Phi) is 2.86. The highest BCUT2D eigenvalue weighted by molar-refractivity contribution is 5.86. The van der Waals surface area contributed by atoms with Gasteiger partial charge in [-0.2, -0.15) is 0 Å². The molecule has 1 unspecified atom stereocenters. The van der Waals surface area contributed by atoms with Gasteiger partial charge in [-0.15, -0.1) is 0 Å². The second-order valence-electron chi connectivity index (χ2n) is 5.71. The van der Waals surface area contributed by atoms with Gasteiger partial charge in [0.1, 0.15) is 0 Å². The van der Waals surface area contributed by atoms with Crippen molar-refractivity contribution in [1.29, 1.82) is 0 Å². The van der Waals surface area contributed by atoms with Crippen LogP contribution in [0.5, 0.6) is 0 Å². The van der Waals surface area contributed by atoms with E-state index in [0.717, 1.165) is 25.9 Å². The van der Waals surface area contributed by atoms with E-state index in [0.29, 0.717) is 5.41 Å². The van der Waals surface area contributed by atoms with Gasteiger partial charge in [0.25, 0.3) is 0 Å². The Labute approximate surface area is 108 Å². The van der Waals surface area contributed by atoms with E-state index >= 15 is 0 Å². The molecule has 1 saturated carbocycles. The molecule has 0 aromatic heterocycles. The molecule has 3 N–H and O–H groups in total. The zero-order chi connectivity index (χ0) is 12.6. The number of carbonyl (C=O) groups is 1. The van der Waals surface area contributed by atoms with E-state index < -0.39 is 0 Å². The molecule has 0 spiro atoms. The standard InChI is InChI=1S/C15H20N2O/c16-8-7-15(5-6-15)10-17-14(18)13-9-11-3-1-2-4-12(11)13/h1-4,13H,5-10,16H2,(H,17,18). The Morgan fingerprint density at radius 1 is 1.39 bits per heavy atom. The van der Waals surface area contributed by atoms with Gasteiger partial charge in [0.05, 0.1) is 5.92 Å². The van der Waals surface area contributed by atoms with Crippen LogP contribution in [-0.2, 0) is 11.2 Å². The lowest BCUT2D eigenvalue weighted by Gasteiger charge is -2.29. The lowest BCUT2D eigenvalue weighted by atomic mass is 9.77. The molecule has 96 valence electrons. The molecule has 1 atom stereocenters. The van der Waals surface area contributed by atoms with Crippen LogP contribution in [0.15, 0.2) is 24.3 Å². The van der Waals surface area contributed by atoms with Crippen LogP contribution in [0, 0.1) is 5.41 Å². The summed E-state index contributed by atoms with van der Waals surface area (Å²) in [5.74, 6) is 0.270. The monoisotopic (exact) mass is 244 g/mol. The molecule has 0 bridgehead atoms. The highest BCUT2D eigenvalue weighted by Gasteiger charge is 2.42. The number of hydrogen-bond donors (Lipinski definition) is 2. The number of hydrogen-bond acceptors (Lipinski definition) is 2. The van der Waals surface area contributed by atoms with Gasteiger partial charge in [-0.3, -0.25) is 4.79 Å². The lowest BCUT2D eigenvalue weighted by molar-refractivity contribution is -0.123. The molecule has 18 heavy (non-hydrogen) atoms. The SMILES string of the molecule is NCCC1(CNC(=O)C2Cc3ccccc32)CC1. The second kappa shape index (κ2) is 4.39. The van der Waals surface area contributed by atoms with Gasteiger partial charge in [-0.25, -0.2) is 0 Å². The van der Waals surface area contributed by atoms with Crippen molar-refractivity contribution in [3.8, 4) is 0 Å². The Hall–Kier alpha value is -1.35. The van der Waals surface area contributed by atoms with Crippen LogP contribution in [0.1, 0.15) is 36.3 Å². The van der Waals surface area contributed by atoms with E-state index in [4.69, 9.17) is 5.73 Å². The van der Waals surface area contributed by atoms with Crippen LogP contribution < -0.4 is 11.1 Å². The van der Waals surface area contributed by atoms with Crippen molar-refractivity contribution in [3.63, 3.8) is 0 Å². The van der Waals surface area contributed by atoms with Crippen LogP contribution in [0.3, 0.4) is 0 Å². The lowest BCUT2D eigenvalue weighted by Crippen LogP contribution is -2.38. The predicted octanol–water partition coefficient (Wildman–Crippen LogP) is 1.57. The van der Waals surface area contributed by atoms with Gasteiger partial charge < -0.3 is 11.1 Å². The molecule has 0 heterocycles. The highest BCUT2D eigenvalue weighted by atomic mass is 16.1. The molecule has 0 aliphatic heterocycles. The van der Waals surface area contributed by atoms with Gasteiger partial charge in [0, 0.05) is 6.54 Å². The maximum Gasteiger partial charge on any atom is 0.227 e. The molecular weight excluding hydrogens is 224 g/mol. The first-order valence-corrected chi connectivity index (χ1v) is 6.80. The zero-order valence-electron chi connectivity index (χ0n) is 10.6. The quantitative estimate of drug-likeness (QED) is 0.826. The van der Waals surface area contributed by atoms with E-state index in [1.54, 1.807) is 0 Å². The third kappa shape index (κ3) is 2.03. The third-order valence-corrected chi connectivity index (χ3v) is 4.44. The molecule has 1 aromatic carbocycles. The third-order valence-electron chi connectivity index (χ3n) is 4.44. The average molecular weight is 244 g/mol. The molecule has 3 heteroatoms. The van der Waals surface area contributed by atoms with E-state index in [-0.39, 0.29) is 11.8 Å². The van der Waals surface area contributed by atoms with Gasteiger partial charge >= 0.3 is 0 Å². The first-order valence-electron chi connectivity index (χ1n) is 6.80. The van der Waals surface area contributed by atoms with Crippen molar-refractivity contribution in [1.82, 2.24) is 5.32 Å². The van der Waals surface area contributed by atoms with Gasteiger partial charge in [0.15, 0.2) is 0 Å². The van der Waals surface area contributed by atoms with Crippen molar-refractivity contribution < 1.29 is 4.79 Å². The van der Waals surface area contributed by atoms with Crippen molar-refractivity contribution >= 4 is 5.91 Å². The smallest absolute Gasteiger partial charge is 0.227 e. The highest BCUT2D eigenvalue weighted by Crippen LogP contribution is 2.48. The molecule has 0 saturated heterocycles. The summed E-state index contributed by atoms with van der Waals surface area (Å²) in [5, 5.41) is 3.12. The van der Waals surface area contributed by atoms with E-state index in [9.17, 15) is 4.79 Å². The molecule has 2 aliphatic rings. The minimum absolute atomic E-state index is 0.0786. The minimum atomic E-state index is 0.0786. The maximum absolute atomic E-state index is 12.1. The summed E-state index contributed by atoms with van der Waals surface area (Å²) in [6, 6.07) is 8.22. The van der Waals surface area contributed by atoms with Crippen LogP contribution >= 0.6 is 0 Å². The molecule has 0 radical (unpaired) electrons. The largest absolute Gasteiger partial charge is 0.355 e. The number of nitrogens with two attached hydrogens (primary N) is 1. The Morgan fingerprint density at radius 2 is 2.17 bits per heavy atom. The van der Waals surface area contributed by atoms with E-state index in [2.05, 4.69) is 17.4 Å². The second-order valence-corrected chi connectivity index (χ2v) is 5.71. The molecular formula is C15H20N2O. The van der Waals surface area contributed by atoms with Crippen LogP contribution in [-0.4, -0.2) is 19.0 Å². The number of carbonyl (C=O) groups excluding carboxylic acids is 1. The molecule has 1 fully saturated rings. The van der Waals surface area contributed by atoms with Crippen molar-refractivity contribution in [3.05, 3.63) is 35.4 Å². The van der Waals surface area contributed by atoms with Gasteiger partial charge in [-0.05, 0) is 48.8 Å². The molecule has 1 amide bonds. The summed E-state index contributed by atoms with van der Waals surface area (Å²) in [4.78, 5) is 12.1. The van der Waals surface area contributed by atoms with Crippen molar-refractivity contribution in [2.45, 2.75) is 31.6 Å². The zero-order valence-corrected chi connectivity index (χ0v) is 10.6. The number of nitrogens with one attached hydrogen (secondary N) is 1. The fraction of sp³-hybridized carbons (Fsp3) is 0.533. The van der Waals surface area contributed by atoms with Crippen LogP contribution in [0.4, 0.5) is 0 Å². The summed E-state index contributed by atoms with van der Waals surface area (Å²) in [6.07, 6.45) is 4.36. The van der Waals surface area contributed by atoms with E-state index in [1.165, 1.54) is 24.0 Å². The minimum Gasteiger partial charge on any atom is -0.355 e. The summed E-state index contributed by atoms with van der Waals surface area (Å²) < 4.78 is 0. The topological polar surface area (TPSA) is 55.1 Å². The van der Waals surface area contributed by atoms with E-state index in [1.807, 2.05) is 12.1 Å². The maximum atomic E-state index is 12.1. The first kappa shape index (κ1) is 11.7. The fourth-order valence-electron chi connectivity index (χ4n) is 2.89. The number of rotatable bonds is 5. The summed E-state index contributed by atoms with van der Waals surface area (Å²) in [7, 11) is 0. The Morgan fingerprint density at radius 3 is 2.83 bits per heavy atom. The summed E-state index contributed by atoms with van der Waals surface area (Å²) in [6.45, 7) is 1.53. The number of benzene rings is 1. The fourth-order valence-corrected chi connectivity index (χ4v) is 2.89. The average Bonchev–Trinajstić information content (AvgIpc) is 3.09. The molecule has 2 aliphatic carbocycles. The van der Waals surface area contributed by atoms with Gasteiger partial charge in [-0.1, -0.05) is 24.3 Å². The summed E-state index contributed by atoms with van der Waals surface area (Å²) in [5.41, 5.74) is 8.46. The van der Waals surface area contributed by atoms with Crippen molar-refractivity contribution in [2.24, 2.45) is 11.1 Å². The summed E-state index contributed by atoms with van der Waals surface area (Å²) >= 11 is 0. The Bertz CT molecular complexity index is 465. The first-order chi connectivity index (χ1) is 8.74. The molecule has 1 aromatic rings. The molecule has 3 rings (SSSR count). The van der Waals surface area contributed by atoms with Crippen LogP contribution in [0.25, 0.3) is 0 Å². The predicted molar refractivity (Wildman–Crippen MR) is 71.2 cm³/mol. The van der Waals surface area contributed by atoms with Gasteiger partial charge in [0.2, 0.25) is 5.91 Å². The normalized spacial score (nSPS) is 22.8. The van der Waals surface area contributed by atoms with Crippen molar-refractivity contribution in [2.75, 3.05) is 13.1 Å². The Balaban J connectivity index is 1.55. The number of fused-ring (bicyclic) bond motifs is 1. The number of amides is 1. The van der Waals surface area contributed by atoms with Crippen LogP contribution in [0.2, 0.25) is 0 Å².